The number of carbonyl (C=O) groups excluding carboxylic acids is 1. The molecule has 0 aliphatic carbocycles. The lowest BCUT2D eigenvalue weighted by Gasteiger charge is -2.17. The molecule has 1 atom stereocenters. The molecule has 1 aliphatic heterocycles. The molecule has 0 radical (unpaired) electrons. The Morgan fingerprint density at radius 2 is 2.18 bits per heavy atom. The zero-order chi connectivity index (χ0) is 8.27. The molecule has 1 fully saturated rings. The summed E-state index contributed by atoms with van der Waals surface area (Å²) < 4.78 is 4.86. The van der Waals surface area contributed by atoms with Crippen LogP contribution in [0.2, 0.25) is 0 Å². The lowest BCUT2D eigenvalue weighted by molar-refractivity contribution is 0.197. The van der Waals surface area contributed by atoms with Crippen molar-refractivity contribution in [1.29, 1.82) is 0 Å². The quantitative estimate of drug-likeness (QED) is 0.604. The zero-order valence-electron chi connectivity index (χ0n) is 6.96. The largest absolute Gasteiger partial charge is 0.351 e. The molecule has 0 aromatic carbocycles. The van der Waals surface area contributed by atoms with E-state index in [1.165, 1.54) is 0 Å². The van der Waals surface area contributed by atoms with Crippen molar-refractivity contribution in [3.63, 3.8) is 0 Å². The average molecular weight is 158 g/mol. The maximum Gasteiger partial charge on any atom is 0.319 e. The predicted octanol–water partition coefficient (Wildman–Crippen LogP) is 0.394. The number of nitrogens with zero attached hydrogens (tertiary/aromatic N) is 1. The molecule has 64 valence electrons. The Labute approximate surface area is 66.5 Å². The molecule has 1 unspecified atom stereocenters. The van der Waals surface area contributed by atoms with E-state index in [1.54, 1.807) is 4.90 Å². The fourth-order valence-electron chi connectivity index (χ4n) is 0.871. The number of amides is 2. The molecule has 0 bridgehead atoms. The Morgan fingerprint density at radius 3 is 2.55 bits per heavy atom. The summed E-state index contributed by atoms with van der Waals surface area (Å²) in [5.41, 5.74) is 0. The Morgan fingerprint density at radius 1 is 1.64 bits per heavy atom. The second-order valence-electron chi connectivity index (χ2n) is 2.44. The first-order chi connectivity index (χ1) is 5.27. The van der Waals surface area contributed by atoms with E-state index in [1.807, 2.05) is 13.8 Å². The van der Waals surface area contributed by atoms with Gasteiger partial charge >= 0.3 is 6.03 Å². The molecule has 1 N–H and O–H groups in total. The van der Waals surface area contributed by atoms with E-state index in [2.05, 4.69) is 5.32 Å². The molecular weight excluding hydrogens is 144 g/mol. The summed E-state index contributed by atoms with van der Waals surface area (Å²) in [5, 5.41) is 2.72. The average Bonchev–Trinajstić information content (AvgIpc) is 2.74. The highest BCUT2D eigenvalue weighted by Gasteiger charge is 2.25. The summed E-state index contributed by atoms with van der Waals surface area (Å²) in [5.74, 6) is 0. The van der Waals surface area contributed by atoms with Gasteiger partial charge in [0.25, 0.3) is 0 Å². The molecule has 0 aromatic rings. The number of rotatable bonds is 3. The molecule has 4 nitrogen and oxygen atoms in total. The second-order valence-corrected chi connectivity index (χ2v) is 2.44. The summed E-state index contributed by atoms with van der Waals surface area (Å²) in [6, 6.07) is -0.0301. The minimum Gasteiger partial charge on any atom is -0.351 e. The van der Waals surface area contributed by atoms with Gasteiger partial charge in [0.2, 0.25) is 0 Å². The SMILES string of the molecule is CCN(CC)C(=O)NC1CO1. The van der Waals surface area contributed by atoms with E-state index in [0.29, 0.717) is 6.61 Å². The van der Waals surface area contributed by atoms with Gasteiger partial charge in [-0.25, -0.2) is 4.79 Å². The van der Waals surface area contributed by atoms with E-state index < -0.39 is 0 Å². The van der Waals surface area contributed by atoms with Crippen molar-refractivity contribution >= 4 is 6.03 Å². The van der Waals surface area contributed by atoms with E-state index in [4.69, 9.17) is 4.74 Å². The first-order valence-corrected chi connectivity index (χ1v) is 3.95. The van der Waals surface area contributed by atoms with Crippen molar-refractivity contribution in [2.24, 2.45) is 0 Å². The lowest BCUT2D eigenvalue weighted by atomic mass is 10.5. The van der Waals surface area contributed by atoms with Gasteiger partial charge in [0.05, 0.1) is 6.61 Å². The Balaban J connectivity index is 2.24. The van der Waals surface area contributed by atoms with Crippen LogP contribution in [0.3, 0.4) is 0 Å². The lowest BCUT2D eigenvalue weighted by Crippen LogP contribution is -2.40. The van der Waals surface area contributed by atoms with Crippen molar-refractivity contribution in [2.75, 3.05) is 19.7 Å². The van der Waals surface area contributed by atoms with Crippen molar-refractivity contribution in [1.82, 2.24) is 10.2 Å². The molecule has 1 rings (SSSR count). The topological polar surface area (TPSA) is 44.9 Å². The van der Waals surface area contributed by atoms with Crippen LogP contribution in [0.15, 0.2) is 0 Å². The number of hydrogen-bond donors (Lipinski definition) is 1. The third-order valence-corrected chi connectivity index (χ3v) is 1.67. The number of urea groups is 1. The summed E-state index contributed by atoms with van der Waals surface area (Å²) >= 11 is 0. The molecule has 0 saturated carbocycles. The third-order valence-electron chi connectivity index (χ3n) is 1.67. The van der Waals surface area contributed by atoms with Crippen molar-refractivity contribution in [2.45, 2.75) is 20.1 Å². The minimum atomic E-state index is -0.0301. The summed E-state index contributed by atoms with van der Waals surface area (Å²) in [6.45, 7) is 6.06. The van der Waals surface area contributed by atoms with Crippen LogP contribution in [0, 0.1) is 0 Å². The number of hydrogen-bond acceptors (Lipinski definition) is 2. The summed E-state index contributed by atoms with van der Waals surface area (Å²) in [6.07, 6.45) is -0.0249. The van der Waals surface area contributed by atoms with Crippen LogP contribution in [-0.4, -0.2) is 36.9 Å². The Kier molecular flexibility index (Phi) is 2.70. The number of epoxide rings is 1. The van der Waals surface area contributed by atoms with Crippen LogP contribution < -0.4 is 5.32 Å². The van der Waals surface area contributed by atoms with Gasteiger partial charge in [-0.05, 0) is 13.8 Å². The van der Waals surface area contributed by atoms with Crippen LogP contribution in [-0.2, 0) is 4.74 Å². The van der Waals surface area contributed by atoms with Gasteiger partial charge in [0, 0.05) is 13.1 Å². The van der Waals surface area contributed by atoms with E-state index in [-0.39, 0.29) is 12.3 Å². The highest BCUT2D eigenvalue weighted by atomic mass is 16.6. The van der Waals surface area contributed by atoms with Crippen LogP contribution >= 0.6 is 0 Å². The first kappa shape index (κ1) is 8.33. The molecule has 4 heteroatoms. The molecule has 1 saturated heterocycles. The number of nitrogens with one attached hydrogen (secondary N) is 1. The van der Waals surface area contributed by atoms with Gasteiger partial charge in [-0.15, -0.1) is 0 Å². The van der Waals surface area contributed by atoms with Crippen LogP contribution in [0.25, 0.3) is 0 Å². The summed E-state index contributed by atoms with van der Waals surface area (Å²) in [7, 11) is 0. The normalized spacial score (nSPS) is 21.1. The Bertz CT molecular complexity index is 141. The van der Waals surface area contributed by atoms with Gasteiger partial charge in [0.1, 0.15) is 0 Å². The van der Waals surface area contributed by atoms with Gasteiger partial charge in [0.15, 0.2) is 6.23 Å². The minimum absolute atomic E-state index is 0.0249. The first-order valence-electron chi connectivity index (χ1n) is 3.95. The number of ether oxygens (including phenoxy) is 1. The molecule has 1 aliphatic rings. The molecule has 1 heterocycles. The fraction of sp³-hybridized carbons (Fsp3) is 0.857. The van der Waals surface area contributed by atoms with Gasteiger partial charge in [-0.1, -0.05) is 0 Å². The van der Waals surface area contributed by atoms with Crippen molar-refractivity contribution < 1.29 is 9.53 Å². The van der Waals surface area contributed by atoms with E-state index in [9.17, 15) is 4.79 Å². The summed E-state index contributed by atoms with van der Waals surface area (Å²) in [4.78, 5) is 12.9. The maximum absolute atomic E-state index is 11.2. The van der Waals surface area contributed by atoms with Crippen molar-refractivity contribution in [3.8, 4) is 0 Å². The molecule has 2 amide bonds. The molecule has 0 spiro atoms. The van der Waals surface area contributed by atoms with Crippen LogP contribution in [0.1, 0.15) is 13.8 Å². The van der Waals surface area contributed by atoms with Crippen LogP contribution in [0.5, 0.6) is 0 Å². The van der Waals surface area contributed by atoms with E-state index in [0.717, 1.165) is 13.1 Å². The monoisotopic (exact) mass is 158 g/mol. The highest BCUT2D eigenvalue weighted by molar-refractivity contribution is 5.74. The van der Waals surface area contributed by atoms with Gasteiger partial charge in [-0.3, -0.25) is 0 Å². The molecule has 11 heavy (non-hydrogen) atoms. The highest BCUT2D eigenvalue weighted by Crippen LogP contribution is 2.04. The van der Waals surface area contributed by atoms with Crippen LogP contribution in [0.4, 0.5) is 4.79 Å². The predicted molar refractivity (Wildman–Crippen MR) is 41.2 cm³/mol. The molecule has 0 aromatic heterocycles. The van der Waals surface area contributed by atoms with Gasteiger partial charge in [-0.2, -0.15) is 0 Å². The standard InChI is InChI=1S/C7H14N2O2/c1-3-9(4-2)7(10)8-6-5-11-6/h6H,3-5H2,1-2H3,(H,8,10). The fourth-order valence-corrected chi connectivity index (χ4v) is 0.871. The zero-order valence-corrected chi connectivity index (χ0v) is 6.96. The third kappa shape index (κ3) is 2.38. The van der Waals surface area contributed by atoms with Crippen molar-refractivity contribution in [3.05, 3.63) is 0 Å². The smallest absolute Gasteiger partial charge is 0.319 e. The number of carbonyl (C=O) groups is 1. The van der Waals surface area contributed by atoms with Gasteiger partial charge < -0.3 is 15.0 Å². The second kappa shape index (κ2) is 3.57. The van der Waals surface area contributed by atoms with E-state index >= 15 is 0 Å². The Hall–Kier alpha value is -0.770. The molecular formula is C7H14N2O2. The maximum atomic E-state index is 11.2.